The maximum absolute atomic E-state index is 3.10. The average Bonchev–Trinajstić information content (AvgIpc) is 2.01. The minimum Gasteiger partial charge on any atom is -0.368 e. The molecule has 0 aliphatic carbocycles. The average molecular weight is 153 g/mol. The van der Waals surface area contributed by atoms with Crippen LogP contribution in [0.25, 0.3) is 0 Å². The smallest absolute Gasteiger partial charge is 0.000653 e. The van der Waals surface area contributed by atoms with E-state index in [4.69, 9.17) is 0 Å². The molecule has 0 saturated heterocycles. The SMILES string of the molecule is C/C=C/N/C=C(\C)CCCC. The molecule has 0 rings (SSSR count). The molecule has 0 fully saturated rings. The van der Waals surface area contributed by atoms with E-state index in [9.17, 15) is 0 Å². The molecule has 0 saturated carbocycles. The van der Waals surface area contributed by atoms with Crippen LogP contribution in [0.5, 0.6) is 0 Å². The largest absolute Gasteiger partial charge is 0.368 e. The molecule has 0 bridgehead atoms. The van der Waals surface area contributed by atoms with E-state index in [1.54, 1.807) is 0 Å². The van der Waals surface area contributed by atoms with Crippen molar-refractivity contribution in [1.82, 2.24) is 5.32 Å². The molecule has 0 aromatic heterocycles. The number of hydrogen-bond donors (Lipinski definition) is 1. The predicted octanol–water partition coefficient (Wildman–Crippen LogP) is 3.20. The van der Waals surface area contributed by atoms with E-state index in [0.29, 0.717) is 0 Å². The fraction of sp³-hybridized carbons (Fsp3) is 0.600. The number of nitrogens with one attached hydrogen (secondary N) is 1. The summed E-state index contributed by atoms with van der Waals surface area (Å²) >= 11 is 0. The third-order valence-corrected chi connectivity index (χ3v) is 1.52. The Morgan fingerprint density at radius 2 is 2.18 bits per heavy atom. The van der Waals surface area contributed by atoms with E-state index >= 15 is 0 Å². The molecular weight excluding hydrogens is 134 g/mol. The number of allylic oxidation sites excluding steroid dienone is 2. The molecule has 0 aromatic rings. The summed E-state index contributed by atoms with van der Waals surface area (Å²) in [4.78, 5) is 0. The summed E-state index contributed by atoms with van der Waals surface area (Å²) in [7, 11) is 0. The normalized spacial score (nSPS) is 12.5. The molecule has 0 heterocycles. The fourth-order valence-electron chi connectivity index (χ4n) is 0.814. The van der Waals surface area contributed by atoms with Gasteiger partial charge in [0.25, 0.3) is 0 Å². The first kappa shape index (κ1) is 10.3. The highest BCUT2D eigenvalue weighted by Gasteiger charge is 1.86. The Labute approximate surface area is 70.2 Å². The van der Waals surface area contributed by atoms with Crippen LogP contribution >= 0.6 is 0 Å². The van der Waals surface area contributed by atoms with Gasteiger partial charge in [-0.2, -0.15) is 0 Å². The van der Waals surface area contributed by atoms with E-state index in [1.807, 2.05) is 19.2 Å². The highest BCUT2D eigenvalue weighted by molar-refractivity contribution is 4.98. The summed E-state index contributed by atoms with van der Waals surface area (Å²) in [5.74, 6) is 0. The molecule has 64 valence electrons. The molecule has 1 heteroatoms. The Hall–Kier alpha value is -0.720. The van der Waals surface area contributed by atoms with Crippen molar-refractivity contribution >= 4 is 0 Å². The third-order valence-electron chi connectivity index (χ3n) is 1.52. The van der Waals surface area contributed by atoms with Crippen LogP contribution in [0.4, 0.5) is 0 Å². The Balaban J connectivity index is 3.45. The zero-order valence-electron chi connectivity index (χ0n) is 7.85. The molecule has 0 amide bonds. The van der Waals surface area contributed by atoms with Gasteiger partial charge in [-0.15, -0.1) is 0 Å². The van der Waals surface area contributed by atoms with E-state index < -0.39 is 0 Å². The van der Waals surface area contributed by atoms with E-state index in [-0.39, 0.29) is 0 Å². The first-order chi connectivity index (χ1) is 5.31. The van der Waals surface area contributed by atoms with E-state index in [1.165, 1.54) is 24.8 Å². The van der Waals surface area contributed by atoms with E-state index in [2.05, 4.69) is 25.4 Å². The Kier molecular flexibility index (Phi) is 6.90. The van der Waals surface area contributed by atoms with Crippen molar-refractivity contribution in [3.05, 3.63) is 24.0 Å². The molecule has 0 aromatic carbocycles. The monoisotopic (exact) mass is 153 g/mol. The van der Waals surface area contributed by atoms with Gasteiger partial charge in [-0.05, 0) is 39.1 Å². The molecule has 0 unspecified atom stereocenters. The lowest BCUT2D eigenvalue weighted by Gasteiger charge is -1.98. The molecule has 1 nitrogen and oxygen atoms in total. The van der Waals surface area contributed by atoms with Gasteiger partial charge in [0.05, 0.1) is 0 Å². The van der Waals surface area contributed by atoms with Crippen molar-refractivity contribution in [2.75, 3.05) is 0 Å². The molecular formula is C10H19N. The van der Waals surface area contributed by atoms with E-state index in [0.717, 1.165) is 0 Å². The van der Waals surface area contributed by atoms with Crippen LogP contribution in [0.3, 0.4) is 0 Å². The van der Waals surface area contributed by atoms with Crippen molar-refractivity contribution in [2.24, 2.45) is 0 Å². The molecule has 0 atom stereocenters. The first-order valence-electron chi connectivity index (χ1n) is 4.34. The lowest BCUT2D eigenvalue weighted by Crippen LogP contribution is -1.93. The summed E-state index contributed by atoms with van der Waals surface area (Å²) in [6.45, 7) is 6.38. The first-order valence-corrected chi connectivity index (χ1v) is 4.34. The predicted molar refractivity (Wildman–Crippen MR) is 51.2 cm³/mol. The van der Waals surface area contributed by atoms with Crippen molar-refractivity contribution in [3.63, 3.8) is 0 Å². The second-order valence-corrected chi connectivity index (χ2v) is 2.76. The topological polar surface area (TPSA) is 12.0 Å². The van der Waals surface area contributed by atoms with Gasteiger partial charge in [-0.1, -0.05) is 25.0 Å². The van der Waals surface area contributed by atoms with Crippen LogP contribution in [0.2, 0.25) is 0 Å². The van der Waals surface area contributed by atoms with Gasteiger partial charge in [0.2, 0.25) is 0 Å². The van der Waals surface area contributed by atoms with Gasteiger partial charge in [0, 0.05) is 0 Å². The number of rotatable bonds is 5. The summed E-state index contributed by atoms with van der Waals surface area (Å²) < 4.78 is 0. The highest BCUT2D eigenvalue weighted by atomic mass is 14.8. The number of unbranched alkanes of at least 4 members (excludes halogenated alkanes) is 1. The second-order valence-electron chi connectivity index (χ2n) is 2.76. The summed E-state index contributed by atoms with van der Waals surface area (Å²) in [6.07, 6.45) is 9.77. The van der Waals surface area contributed by atoms with Gasteiger partial charge in [0.1, 0.15) is 0 Å². The van der Waals surface area contributed by atoms with Crippen molar-refractivity contribution in [1.29, 1.82) is 0 Å². The second kappa shape index (κ2) is 7.39. The molecule has 0 aliphatic rings. The standard InChI is InChI=1S/C10H19N/c1-4-6-7-10(3)9-11-8-5-2/h5,8-9,11H,4,6-7H2,1-3H3/b8-5+,10-9+. The van der Waals surface area contributed by atoms with Gasteiger partial charge >= 0.3 is 0 Å². The highest BCUT2D eigenvalue weighted by Crippen LogP contribution is 2.03. The molecule has 1 N–H and O–H groups in total. The zero-order valence-corrected chi connectivity index (χ0v) is 7.85. The Morgan fingerprint density at radius 1 is 1.45 bits per heavy atom. The van der Waals surface area contributed by atoms with Crippen LogP contribution in [-0.2, 0) is 0 Å². The van der Waals surface area contributed by atoms with Crippen LogP contribution in [0, 0.1) is 0 Å². The number of hydrogen-bond acceptors (Lipinski definition) is 1. The van der Waals surface area contributed by atoms with Crippen molar-refractivity contribution in [2.45, 2.75) is 40.0 Å². The lowest BCUT2D eigenvalue weighted by atomic mass is 10.1. The zero-order chi connectivity index (χ0) is 8.53. The molecule has 0 spiro atoms. The quantitative estimate of drug-likeness (QED) is 0.639. The van der Waals surface area contributed by atoms with Gasteiger partial charge in [0.15, 0.2) is 0 Å². The summed E-state index contributed by atoms with van der Waals surface area (Å²) in [6, 6.07) is 0. The molecule has 0 aliphatic heterocycles. The minimum absolute atomic E-state index is 1.21. The Morgan fingerprint density at radius 3 is 2.73 bits per heavy atom. The maximum Gasteiger partial charge on any atom is -0.000653 e. The van der Waals surface area contributed by atoms with Gasteiger partial charge in [-0.25, -0.2) is 0 Å². The summed E-state index contributed by atoms with van der Waals surface area (Å²) in [5.41, 5.74) is 1.42. The fourth-order valence-corrected chi connectivity index (χ4v) is 0.814. The van der Waals surface area contributed by atoms with Gasteiger partial charge < -0.3 is 5.32 Å². The maximum atomic E-state index is 3.10. The van der Waals surface area contributed by atoms with Gasteiger partial charge in [-0.3, -0.25) is 0 Å². The van der Waals surface area contributed by atoms with Crippen LogP contribution in [-0.4, -0.2) is 0 Å². The third kappa shape index (κ3) is 7.17. The van der Waals surface area contributed by atoms with Crippen LogP contribution in [0.15, 0.2) is 24.0 Å². The summed E-state index contributed by atoms with van der Waals surface area (Å²) in [5, 5.41) is 3.10. The molecule has 11 heavy (non-hydrogen) atoms. The van der Waals surface area contributed by atoms with Crippen molar-refractivity contribution < 1.29 is 0 Å². The van der Waals surface area contributed by atoms with Crippen LogP contribution in [0.1, 0.15) is 40.0 Å². The molecule has 0 radical (unpaired) electrons. The van der Waals surface area contributed by atoms with Crippen molar-refractivity contribution in [3.8, 4) is 0 Å². The Bertz CT molecular complexity index is 134. The lowest BCUT2D eigenvalue weighted by molar-refractivity contribution is 0.782. The minimum atomic E-state index is 1.21. The van der Waals surface area contributed by atoms with Crippen LogP contribution < -0.4 is 5.32 Å².